The zero-order valence-corrected chi connectivity index (χ0v) is 22.4. The summed E-state index contributed by atoms with van der Waals surface area (Å²) in [6, 6.07) is 16.0. The van der Waals surface area contributed by atoms with E-state index in [1.165, 1.54) is 48.7 Å². The summed E-state index contributed by atoms with van der Waals surface area (Å²) in [6.07, 6.45) is -0.754. The number of benzene rings is 2. The first-order chi connectivity index (χ1) is 17.2. The van der Waals surface area contributed by atoms with E-state index in [1.54, 1.807) is 0 Å². The van der Waals surface area contributed by atoms with E-state index < -0.39 is 40.5 Å². The molecule has 1 aliphatic rings. The molecule has 0 spiro atoms. The number of amides is 3. The Labute approximate surface area is 217 Å². The van der Waals surface area contributed by atoms with E-state index in [4.69, 9.17) is 9.47 Å². The number of rotatable bonds is 8. The number of esters is 1. The minimum Gasteiger partial charge on any atom is -0.467 e. The fourth-order valence-corrected chi connectivity index (χ4v) is 4.19. The third-order valence-electron chi connectivity index (χ3n) is 6.44. The highest BCUT2D eigenvalue weighted by Gasteiger charge is 2.40. The van der Waals surface area contributed by atoms with Gasteiger partial charge in [-0.2, -0.15) is 0 Å². The van der Waals surface area contributed by atoms with Gasteiger partial charge in [0, 0.05) is 5.92 Å². The van der Waals surface area contributed by atoms with E-state index in [-0.39, 0.29) is 12.5 Å². The minimum absolute atomic E-state index is 0.105. The molecule has 37 heavy (non-hydrogen) atoms. The Bertz CT molecular complexity index is 1170. The standard InChI is InChI=1S/C28H35N3O6/c1-26(2,22(32)30-28(5,6)24(34)36-7)29-23(33)27(3,4)31-25(35)37-16-21-19-14-10-8-12-17(19)18-13-9-11-15-20(18)21/h8-15,21H,16H2,1-7H3,(H,29,33)(H,30,32)(H,31,35). The second-order valence-electron chi connectivity index (χ2n) is 10.7. The molecule has 198 valence electrons. The van der Waals surface area contributed by atoms with E-state index >= 15 is 0 Å². The molecule has 2 aromatic carbocycles. The molecule has 0 heterocycles. The summed E-state index contributed by atoms with van der Waals surface area (Å²) < 4.78 is 10.3. The highest BCUT2D eigenvalue weighted by Crippen LogP contribution is 2.44. The molecule has 0 aromatic heterocycles. The van der Waals surface area contributed by atoms with Gasteiger partial charge in [0.2, 0.25) is 11.8 Å². The third kappa shape index (κ3) is 5.93. The highest BCUT2D eigenvalue weighted by atomic mass is 16.5. The van der Waals surface area contributed by atoms with Crippen LogP contribution in [0.2, 0.25) is 0 Å². The molecular weight excluding hydrogens is 474 g/mol. The number of hydrogen-bond acceptors (Lipinski definition) is 6. The van der Waals surface area contributed by atoms with Crippen LogP contribution in [0.4, 0.5) is 4.79 Å². The first-order valence-corrected chi connectivity index (χ1v) is 12.1. The Morgan fingerprint density at radius 1 is 0.703 bits per heavy atom. The molecule has 9 heteroatoms. The average molecular weight is 510 g/mol. The van der Waals surface area contributed by atoms with Crippen molar-refractivity contribution in [1.82, 2.24) is 16.0 Å². The third-order valence-corrected chi connectivity index (χ3v) is 6.44. The lowest BCUT2D eigenvalue weighted by Crippen LogP contribution is -2.65. The Kier molecular flexibility index (Phi) is 7.67. The average Bonchev–Trinajstić information content (AvgIpc) is 3.15. The minimum atomic E-state index is -1.39. The molecule has 3 N–H and O–H groups in total. The molecule has 9 nitrogen and oxygen atoms in total. The van der Waals surface area contributed by atoms with Crippen molar-refractivity contribution in [2.24, 2.45) is 0 Å². The quantitative estimate of drug-likeness (QED) is 0.470. The van der Waals surface area contributed by atoms with E-state index in [1.807, 2.05) is 48.5 Å². The summed E-state index contributed by atoms with van der Waals surface area (Å²) in [6.45, 7) is 9.11. The van der Waals surface area contributed by atoms with Gasteiger partial charge in [0.15, 0.2) is 0 Å². The molecule has 0 radical (unpaired) electrons. The van der Waals surface area contributed by atoms with Crippen molar-refractivity contribution in [3.05, 3.63) is 59.7 Å². The number of carbonyl (C=O) groups is 4. The van der Waals surface area contributed by atoms with E-state index in [0.717, 1.165) is 22.3 Å². The van der Waals surface area contributed by atoms with Gasteiger partial charge in [-0.3, -0.25) is 9.59 Å². The lowest BCUT2D eigenvalue weighted by Gasteiger charge is -2.34. The van der Waals surface area contributed by atoms with Gasteiger partial charge in [0.1, 0.15) is 23.2 Å². The van der Waals surface area contributed by atoms with Crippen molar-refractivity contribution in [2.75, 3.05) is 13.7 Å². The summed E-state index contributed by atoms with van der Waals surface area (Å²) in [5.41, 5.74) is 0.321. The van der Waals surface area contributed by atoms with Crippen LogP contribution in [-0.4, -0.2) is 54.2 Å². The van der Waals surface area contributed by atoms with E-state index in [2.05, 4.69) is 16.0 Å². The van der Waals surface area contributed by atoms with Crippen LogP contribution in [0.3, 0.4) is 0 Å². The van der Waals surface area contributed by atoms with Gasteiger partial charge in [0.25, 0.3) is 0 Å². The fourth-order valence-electron chi connectivity index (χ4n) is 4.19. The lowest BCUT2D eigenvalue weighted by atomic mass is 9.97. The highest BCUT2D eigenvalue weighted by molar-refractivity contribution is 5.97. The molecule has 0 fully saturated rings. The van der Waals surface area contributed by atoms with Crippen LogP contribution >= 0.6 is 0 Å². The SMILES string of the molecule is COC(=O)C(C)(C)NC(=O)C(C)(C)NC(=O)C(C)(C)NC(=O)OCC1c2ccccc2-c2ccccc21. The van der Waals surface area contributed by atoms with Crippen molar-refractivity contribution < 1.29 is 28.7 Å². The van der Waals surface area contributed by atoms with E-state index in [0.29, 0.717) is 0 Å². The molecule has 0 saturated heterocycles. The summed E-state index contributed by atoms with van der Waals surface area (Å²) in [4.78, 5) is 50.4. The van der Waals surface area contributed by atoms with Crippen LogP contribution in [-0.2, 0) is 23.9 Å². The van der Waals surface area contributed by atoms with Gasteiger partial charge in [-0.25, -0.2) is 9.59 Å². The predicted molar refractivity (Wildman–Crippen MR) is 139 cm³/mol. The lowest BCUT2D eigenvalue weighted by molar-refractivity contribution is -0.150. The normalized spacial score (nSPS) is 13.2. The van der Waals surface area contributed by atoms with Crippen LogP contribution < -0.4 is 16.0 Å². The zero-order chi connectivity index (χ0) is 27.6. The molecular formula is C28H35N3O6. The molecule has 0 aliphatic heterocycles. The van der Waals surface area contributed by atoms with Crippen LogP contribution in [0.15, 0.2) is 48.5 Å². The van der Waals surface area contributed by atoms with Gasteiger partial charge in [-0.15, -0.1) is 0 Å². The van der Waals surface area contributed by atoms with Crippen molar-refractivity contribution >= 4 is 23.9 Å². The van der Waals surface area contributed by atoms with Crippen molar-refractivity contribution in [3.8, 4) is 11.1 Å². The molecule has 1 aliphatic carbocycles. The molecule has 0 bridgehead atoms. The largest absolute Gasteiger partial charge is 0.467 e. The number of hydrogen-bond donors (Lipinski definition) is 3. The fraction of sp³-hybridized carbons (Fsp3) is 0.429. The maximum Gasteiger partial charge on any atom is 0.408 e. The summed E-state index contributed by atoms with van der Waals surface area (Å²) >= 11 is 0. The van der Waals surface area contributed by atoms with Crippen molar-refractivity contribution in [2.45, 2.75) is 64.1 Å². The maximum absolute atomic E-state index is 13.0. The molecule has 3 amide bonds. The van der Waals surface area contributed by atoms with Crippen LogP contribution in [0, 0.1) is 0 Å². The number of ether oxygens (including phenoxy) is 2. The van der Waals surface area contributed by atoms with Crippen LogP contribution in [0.1, 0.15) is 58.6 Å². The first kappa shape index (κ1) is 27.7. The second kappa shape index (κ2) is 10.2. The number of fused-ring (bicyclic) bond motifs is 3. The predicted octanol–water partition coefficient (Wildman–Crippen LogP) is 3.27. The molecule has 0 atom stereocenters. The monoisotopic (exact) mass is 509 g/mol. The first-order valence-electron chi connectivity index (χ1n) is 12.1. The Balaban J connectivity index is 1.61. The summed E-state index contributed by atoms with van der Waals surface area (Å²) in [5.74, 6) is -1.93. The maximum atomic E-state index is 13.0. The Hall–Kier alpha value is -3.88. The van der Waals surface area contributed by atoms with Crippen molar-refractivity contribution in [1.29, 1.82) is 0 Å². The molecule has 2 aromatic rings. The van der Waals surface area contributed by atoms with Gasteiger partial charge >= 0.3 is 12.1 Å². The molecule has 3 rings (SSSR count). The van der Waals surface area contributed by atoms with E-state index in [9.17, 15) is 19.2 Å². The number of alkyl carbamates (subject to hydrolysis) is 1. The molecule has 0 unspecified atom stereocenters. The zero-order valence-electron chi connectivity index (χ0n) is 22.4. The number of carbonyl (C=O) groups excluding carboxylic acids is 4. The van der Waals surface area contributed by atoms with Gasteiger partial charge in [-0.1, -0.05) is 48.5 Å². The van der Waals surface area contributed by atoms with Crippen molar-refractivity contribution in [3.63, 3.8) is 0 Å². The topological polar surface area (TPSA) is 123 Å². The number of nitrogens with one attached hydrogen (secondary N) is 3. The Morgan fingerprint density at radius 2 is 1.14 bits per heavy atom. The second-order valence-corrected chi connectivity index (χ2v) is 10.7. The smallest absolute Gasteiger partial charge is 0.408 e. The molecule has 0 saturated carbocycles. The Morgan fingerprint density at radius 3 is 1.62 bits per heavy atom. The van der Waals surface area contributed by atoms with Crippen LogP contribution in [0.25, 0.3) is 11.1 Å². The van der Waals surface area contributed by atoms with Gasteiger partial charge in [-0.05, 0) is 63.8 Å². The number of methoxy groups -OCH3 is 1. The summed E-state index contributed by atoms with van der Waals surface area (Å²) in [7, 11) is 1.22. The van der Waals surface area contributed by atoms with Gasteiger partial charge in [0.05, 0.1) is 7.11 Å². The van der Waals surface area contributed by atoms with Crippen LogP contribution in [0.5, 0.6) is 0 Å². The summed E-state index contributed by atoms with van der Waals surface area (Å²) in [5, 5.41) is 7.79. The van der Waals surface area contributed by atoms with Gasteiger partial charge < -0.3 is 25.4 Å².